The minimum atomic E-state index is -0.190. The lowest BCUT2D eigenvalue weighted by molar-refractivity contribution is 0.102. The van der Waals surface area contributed by atoms with Crippen LogP contribution in [0.1, 0.15) is 24.2 Å². The van der Waals surface area contributed by atoms with Crippen LogP contribution in [0.5, 0.6) is 0 Å². The Morgan fingerprint density at radius 3 is 2.74 bits per heavy atom. The Bertz CT molecular complexity index is 773. The Morgan fingerprint density at radius 1 is 1.30 bits per heavy atom. The molecule has 1 aromatic carbocycles. The van der Waals surface area contributed by atoms with Gasteiger partial charge >= 0.3 is 0 Å². The molecular weight excluding hydrogens is 292 g/mol. The van der Waals surface area contributed by atoms with Gasteiger partial charge in [0, 0.05) is 30.1 Å². The molecule has 1 N–H and O–H groups in total. The normalized spacial score (nSPS) is 10.9. The number of amides is 1. The first kappa shape index (κ1) is 15.0. The van der Waals surface area contributed by atoms with Crippen molar-refractivity contribution < 1.29 is 9.21 Å². The van der Waals surface area contributed by atoms with Gasteiger partial charge in [-0.2, -0.15) is 0 Å². The summed E-state index contributed by atoms with van der Waals surface area (Å²) < 4.78 is 7.17. The van der Waals surface area contributed by atoms with E-state index in [4.69, 9.17) is 4.42 Å². The summed E-state index contributed by atoms with van der Waals surface area (Å²) in [5.74, 6) is 1.51. The van der Waals surface area contributed by atoms with Crippen LogP contribution in [0.25, 0.3) is 11.3 Å². The van der Waals surface area contributed by atoms with Crippen LogP contribution in [-0.4, -0.2) is 20.4 Å². The fourth-order valence-corrected chi connectivity index (χ4v) is 2.29. The maximum Gasteiger partial charge on any atom is 0.257 e. The van der Waals surface area contributed by atoms with Gasteiger partial charge in [-0.3, -0.25) is 10.1 Å². The van der Waals surface area contributed by atoms with Crippen LogP contribution in [0.2, 0.25) is 0 Å². The Kier molecular flexibility index (Phi) is 4.23. The molecule has 0 aliphatic rings. The molecule has 2 aromatic heterocycles. The van der Waals surface area contributed by atoms with Crippen molar-refractivity contribution >= 4 is 11.9 Å². The summed E-state index contributed by atoms with van der Waals surface area (Å²) in [5, 5.41) is 2.84. The maximum atomic E-state index is 12.3. The predicted molar refractivity (Wildman–Crippen MR) is 87.0 cm³/mol. The molecule has 0 saturated carbocycles. The third-order valence-electron chi connectivity index (χ3n) is 3.37. The topological polar surface area (TPSA) is 73.0 Å². The minimum Gasteiger partial charge on any atom is -0.444 e. The van der Waals surface area contributed by atoms with Crippen molar-refractivity contribution in [1.29, 1.82) is 0 Å². The third-order valence-corrected chi connectivity index (χ3v) is 3.37. The van der Waals surface area contributed by atoms with E-state index in [1.54, 1.807) is 24.5 Å². The number of nitrogens with one attached hydrogen (secondary N) is 1. The number of oxazole rings is 1. The molecule has 3 rings (SSSR count). The SMILES string of the molecule is CC(C)Cn1ccnc1NC(=O)c1ccc(-c2cnco2)cc1. The second-order valence-corrected chi connectivity index (χ2v) is 5.69. The molecule has 1 amide bonds. The Balaban J connectivity index is 1.72. The van der Waals surface area contributed by atoms with Crippen molar-refractivity contribution in [3.05, 3.63) is 54.8 Å². The van der Waals surface area contributed by atoms with Crippen LogP contribution in [0.4, 0.5) is 5.95 Å². The number of benzene rings is 1. The predicted octanol–water partition coefficient (Wildman–Crippen LogP) is 3.45. The van der Waals surface area contributed by atoms with Crippen LogP contribution in [0.15, 0.2) is 53.7 Å². The molecule has 0 aliphatic carbocycles. The van der Waals surface area contributed by atoms with E-state index >= 15 is 0 Å². The summed E-state index contributed by atoms with van der Waals surface area (Å²) >= 11 is 0. The molecule has 2 heterocycles. The summed E-state index contributed by atoms with van der Waals surface area (Å²) in [6, 6.07) is 7.16. The highest BCUT2D eigenvalue weighted by atomic mass is 16.3. The van der Waals surface area contributed by atoms with E-state index in [2.05, 4.69) is 29.1 Å². The molecular formula is C17H18N4O2. The van der Waals surface area contributed by atoms with E-state index in [-0.39, 0.29) is 5.91 Å². The molecule has 0 saturated heterocycles. The molecule has 118 valence electrons. The van der Waals surface area contributed by atoms with Crippen molar-refractivity contribution in [3.8, 4) is 11.3 Å². The van der Waals surface area contributed by atoms with Crippen LogP contribution in [0, 0.1) is 5.92 Å². The van der Waals surface area contributed by atoms with Crippen LogP contribution in [0.3, 0.4) is 0 Å². The number of anilines is 1. The standard InChI is InChI=1S/C17H18N4O2/c1-12(2)10-21-8-7-19-17(21)20-16(22)14-5-3-13(4-6-14)15-9-18-11-23-15/h3-9,11-12H,10H2,1-2H3,(H,19,20,22). The van der Waals surface area contributed by atoms with E-state index in [0.29, 0.717) is 23.2 Å². The van der Waals surface area contributed by atoms with Gasteiger partial charge < -0.3 is 8.98 Å². The van der Waals surface area contributed by atoms with Crippen molar-refractivity contribution in [1.82, 2.24) is 14.5 Å². The molecule has 6 nitrogen and oxygen atoms in total. The first-order valence-electron chi connectivity index (χ1n) is 7.45. The van der Waals surface area contributed by atoms with Crippen molar-refractivity contribution in [2.75, 3.05) is 5.32 Å². The highest BCUT2D eigenvalue weighted by Crippen LogP contribution is 2.19. The number of nitrogens with zero attached hydrogens (tertiary/aromatic N) is 3. The second-order valence-electron chi connectivity index (χ2n) is 5.69. The fourth-order valence-electron chi connectivity index (χ4n) is 2.29. The van der Waals surface area contributed by atoms with E-state index < -0.39 is 0 Å². The summed E-state index contributed by atoms with van der Waals surface area (Å²) in [5.41, 5.74) is 1.44. The zero-order valence-electron chi connectivity index (χ0n) is 13.1. The third kappa shape index (κ3) is 3.48. The molecule has 0 aliphatic heterocycles. The van der Waals surface area contributed by atoms with Crippen molar-refractivity contribution in [3.63, 3.8) is 0 Å². The fraction of sp³-hybridized carbons (Fsp3) is 0.235. The van der Waals surface area contributed by atoms with E-state index in [0.717, 1.165) is 12.1 Å². The number of hydrogen-bond donors (Lipinski definition) is 1. The highest BCUT2D eigenvalue weighted by molar-refractivity contribution is 6.03. The van der Waals surface area contributed by atoms with Gasteiger partial charge in [0.05, 0.1) is 6.20 Å². The molecule has 0 radical (unpaired) electrons. The van der Waals surface area contributed by atoms with Crippen molar-refractivity contribution in [2.45, 2.75) is 20.4 Å². The monoisotopic (exact) mass is 310 g/mol. The van der Waals surface area contributed by atoms with Gasteiger partial charge in [-0.1, -0.05) is 26.0 Å². The summed E-state index contributed by atoms with van der Waals surface area (Å²) in [6.45, 7) is 5.04. The van der Waals surface area contributed by atoms with Crippen LogP contribution < -0.4 is 5.32 Å². The number of carbonyl (C=O) groups is 1. The summed E-state index contributed by atoms with van der Waals surface area (Å²) in [7, 11) is 0. The van der Waals surface area contributed by atoms with E-state index in [9.17, 15) is 4.79 Å². The van der Waals surface area contributed by atoms with E-state index in [1.165, 1.54) is 6.39 Å². The average molecular weight is 310 g/mol. The lowest BCUT2D eigenvalue weighted by Crippen LogP contribution is -2.17. The number of imidazole rings is 1. The number of hydrogen-bond acceptors (Lipinski definition) is 4. The average Bonchev–Trinajstić information content (AvgIpc) is 3.19. The van der Waals surface area contributed by atoms with Gasteiger partial charge in [0.25, 0.3) is 5.91 Å². The first-order chi connectivity index (χ1) is 11.1. The van der Waals surface area contributed by atoms with E-state index in [1.807, 2.05) is 22.9 Å². The lowest BCUT2D eigenvalue weighted by atomic mass is 10.1. The lowest BCUT2D eigenvalue weighted by Gasteiger charge is -2.11. The van der Waals surface area contributed by atoms with Gasteiger partial charge in [-0.15, -0.1) is 0 Å². The number of carbonyl (C=O) groups excluding carboxylic acids is 1. The molecule has 0 spiro atoms. The summed E-state index contributed by atoms with van der Waals surface area (Å²) in [4.78, 5) is 20.4. The largest absolute Gasteiger partial charge is 0.444 e. The van der Waals surface area contributed by atoms with Gasteiger partial charge in [0.15, 0.2) is 12.2 Å². The number of rotatable bonds is 5. The van der Waals surface area contributed by atoms with Gasteiger partial charge in [0.2, 0.25) is 5.95 Å². The van der Waals surface area contributed by atoms with Gasteiger partial charge in [-0.25, -0.2) is 9.97 Å². The zero-order chi connectivity index (χ0) is 16.2. The smallest absolute Gasteiger partial charge is 0.257 e. The maximum absolute atomic E-state index is 12.3. The molecule has 23 heavy (non-hydrogen) atoms. The molecule has 0 atom stereocenters. The van der Waals surface area contributed by atoms with Crippen molar-refractivity contribution in [2.24, 2.45) is 5.92 Å². The molecule has 6 heteroatoms. The van der Waals surface area contributed by atoms with Gasteiger partial charge in [0.1, 0.15) is 0 Å². The minimum absolute atomic E-state index is 0.190. The molecule has 0 fully saturated rings. The first-order valence-corrected chi connectivity index (χ1v) is 7.45. The quantitative estimate of drug-likeness (QED) is 0.783. The molecule has 0 bridgehead atoms. The summed E-state index contributed by atoms with van der Waals surface area (Å²) in [6.07, 6.45) is 6.57. The van der Waals surface area contributed by atoms with Crippen LogP contribution in [-0.2, 0) is 6.54 Å². The number of aromatic nitrogens is 3. The zero-order valence-corrected chi connectivity index (χ0v) is 13.1. The molecule has 0 unspecified atom stereocenters. The molecule has 3 aromatic rings. The Hall–Kier alpha value is -2.89. The Morgan fingerprint density at radius 2 is 2.09 bits per heavy atom. The second kappa shape index (κ2) is 6.48. The Labute approximate surface area is 134 Å². The highest BCUT2D eigenvalue weighted by Gasteiger charge is 2.11. The van der Waals surface area contributed by atoms with Crippen LogP contribution >= 0.6 is 0 Å². The van der Waals surface area contributed by atoms with Gasteiger partial charge in [-0.05, 0) is 18.1 Å².